The summed E-state index contributed by atoms with van der Waals surface area (Å²) < 4.78 is 17.6. The summed E-state index contributed by atoms with van der Waals surface area (Å²) >= 11 is 0. The van der Waals surface area contributed by atoms with Crippen LogP contribution in [-0.2, 0) is 22.4 Å². The number of esters is 1. The van der Waals surface area contributed by atoms with Crippen LogP contribution in [0.4, 0.5) is 4.79 Å². The van der Waals surface area contributed by atoms with Crippen LogP contribution in [0.15, 0.2) is 97.1 Å². The lowest BCUT2D eigenvalue weighted by Gasteiger charge is -2.35. The third kappa shape index (κ3) is 6.51. The molecule has 1 aliphatic rings. The Morgan fingerprint density at radius 3 is 2.29 bits per heavy atom. The fourth-order valence-electron chi connectivity index (χ4n) is 5.58. The fourth-order valence-corrected chi connectivity index (χ4v) is 5.58. The maximum atomic E-state index is 12.9. The van der Waals surface area contributed by atoms with E-state index >= 15 is 0 Å². The zero-order valence-electron chi connectivity index (χ0n) is 24.5. The molecule has 4 aromatic rings. The number of urea groups is 1. The van der Waals surface area contributed by atoms with Gasteiger partial charge in [-0.05, 0) is 66.4 Å². The number of rotatable bonds is 12. The lowest BCUT2D eigenvalue weighted by atomic mass is 9.86. The highest BCUT2D eigenvalue weighted by Crippen LogP contribution is 2.30. The highest BCUT2D eigenvalue weighted by Gasteiger charge is 2.43. The molecule has 0 saturated carbocycles. The van der Waals surface area contributed by atoms with Crippen molar-refractivity contribution < 1.29 is 23.8 Å². The van der Waals surface area contributed by atoms with E-state index in [2.05, 4.69) is 35.6 Å². The van der Waals surface area contributed by atoms with Crippen molar-refractivity contribution in [2.45, 2.75) is 44.2 Å². The highest BCUT2D eigenvalue weighted by atomic mass is 16.6. The Morgan fingerprint density at radius 1 is 0.905 bits per heavy atom. The normalized spacial score (nSPS) is 17.9. The van der Waals surface area contributed by atoms with Gasteiger partial charge in [0.05, 0.1) is 18.8 Å². The molecular weight excluding hydrogens is 528 g/mol. The van der Waals surface area contributed by atoms with Crippen LogP contribution in [0.2, 0.25) is 0 Å². The van der Waals surface area contributed by atoms with Gasteiger partial charge in [-0.1, -0.05) is 72.8 Å². The standard InChI is InChI=1S/C35H38N2O5/c1-4-40-32(38)34(2,42-31-12-6-5-7-13-31)23-26-15-18-30(19-16-26)41-21-20-35(25-36-33(39)37(35)3)24-27-14-17-28-10-8-9-11-29(28)22-27/h5-19,22H,4,20-21,23-25H2,1-3H3,(H,36,39). The molecule has 0 radical (unpaired) electrons. The molecule has 1 saturated heterocycles. The van der Waals surface area contributed by atoms with Crippen LogP contribution in [0.25, 0.3) is 10.8 Å². The molecule has 0 aromatic heterocycles. The summed E-state index contributed by atoms with van der Waals surface area (Å²) in [5.74, 6) is 0.923. The Labute approximate surface area is 247 Å². The van der Waals surface area contributed by atoms with E-state index in [1.54, 1.807) is 13.8 Å². The minimum Gasteiger partial charge on any atom is -0.494 e. The van der Waals surface area contributed by atoms with Crippen LogP contribution in [0, 0.1) is 0 Å². The van der Waals surface area contributed by atoms with Crippen molar-refractivity contribution in [3.63, 3.8) is 0 Å². The Balaban J connectivity index is 1.24. The lowest BCUT2D eigenvalue weighted by Crippen LogP contribution is -2.47. The second-order valence-corrected chi connectivity index (χ2v) is 11.1. The Bertz CT molecular complexity index is 1520. The van der Waals surface area contributed by atoms with Crippen molar-refractivity contribution in [1.29, 1.82) is 0 Å². The van der Waals surface area contributed by atoms with E-state index in [4.69, 9.17) is 14.2 Å². The quantitative estimate of drug-likeness (QED) is 0.207. The number of fused-ring (bicyclic) bond motifs is 1. The number of hydrogen-bond donors (Lipinski definition) is 1. The molecule has 2 unspecified atom stereocenters. The monoisotopic (exact) mass is 566 g/mol. The Kier molecular flexibility index (Phi) is 8.67. The summed E-state index contributed by atoms with van der Waals surface area (Å²) in [5.41, 5.74) is 0.535. The van der Waals surface area contributed by atoms with Crippen LogP contribution in [0.1, 0.15) is 31.4 Å². The summed E-state index contributed by atoms with van der Waals surface area (Å²) in [6.07, 6.45) is 1.74. The van der Waals surface area contributed by atoms with E-state index in [0.717, 1.165) is 17.7 Å². The lowest BCUT2D eigenvalue weighted by molar-refractivity contribution is -0.160. The van der Waals surface area contributed by atoms with Gasteiger partial charge in [-0.25, -0.2) is 9.59 Å². The summed E-state index contributed by atoms with van der Waals surface area (Å²) in [7, 11) is 1.86. The van der Waals surface area contributed by atoms with E-state index in [9.17, 15) is 9.59 Å². The van der Waals surface area contributed by atoms with Gasteiger partial charge in [0, 0.05) is 26.4 Å². The van der Waals surface area contributed by atoms with Crippen LogP contribution < -0.4 is 14.8 Å². The zero-order valence-corrected chi connectivity index (χ0v) is 24.5. The predicted molar refractivity (Wildman–Crippen MR) is 164 cm³/mol. The molecule has 218 valence electrons. The summed E-state index contributed by atoms with van der Waals surface area (Å²) in [6.45, 7) is 4.83. The molecule has 5 rings (SSSR count). The van der Waals surface area contributed by atoms with E-state index in [1.165, 1.54) is 16.3 Å². The number of ether oxygens (including phenoxy) is 3. The second-order valence-electron chi connectivity index (χ2n) is 11.1. The van der Waals surface area contributed by atoms with Gasteiger partial charge in [0.25, 0.3) is 0 Å². The fraction of sp³-hybridized carbons (Fsp3) is 0.314. The molecule has 0 spiro atoms. The van der Waals surface area contributed by atoms with Crippen LogP contribution in [0.5, 0.6) is 11.5 Å². The molecule has 1 aliphatic heterocycles. The maximum Gasteiger partial charge on any atom is 0.350 e. The van der Waals surface area contributed by atoms with Gasteiger partial charge < -0.3 is 24.4 Å². The van der Waals surface area contributed by atoms with Gasteiger partial charge in [0.15, 0.2) is 0 Å². The number of para-hydroxylation sites is 1. The van der Waals surface area contributed by atoms with E-state index in [1.807, 2.05) is 78.7 Å². The van der Waals surface area contributed by atoms with Gasteiger partial charge in [-0.2, -0.15) is 0 Å². The van der Waals surface area contributed by atoms with Crippen LogP contribution in [-0.4, -0.2) is 54.8 Å². The molecule has 42 heavy (non-hydrogen) atoms. The molecule has 7 heteroatoms. The third-order valence-corrected chi connectivity index (χ3v) is 8.03. The van der Waals surface area contributed by atoms with Crippen molar-refractivity contribution in [2.24, 2.45) is 0 Å². The zero-order chi connectivity index (χ0) is 29.6. The molecule has 1 heterocycles. The average molecular weight is 567 g/mol. The smallest absolute Gasteiger partial charge is 0.350 e. The van der Waals surface area contributed by atoms with Gasteiger partial charge in [0.1, 0.15) is 11.5 Å². The Hall–Kier alpha value is -4.52. The number of amides is 2. The van der Waals surface area contributed by atoms with E-state index < -0.39 is 17.1 Å². The SMILES string of the molecule is CCOC(=O)C(C)(Cc1ccc(OCCC2(Cc3ccc4ccccc4c3)CNC(=O)N2C)cc1)Oc1ccccc1. The number of carbonyl (C=O) groups is 2. The molecule has 2 atom stereocenters. The van der Waals surface area contributed by atoms with Crippen molar-refractivity contribution in [3.05, 3.63) is 108 Å². The molecule has 4 aromatic carbocycles. The number of benzene rings is 4. The van der Waals surface area contributed by atoms with Crippen LogP contribution in [0.3, 0.4) is 0 Å². The summed E-state index contributed by atoms with van der Waals surface area (Å²) in [4.78, 5) is 27.2. The minimum absolute atomic E-state index is 0.0671. The minimum atomic E-state index is -1.18. The first-order chi connectivity index (χ1) is 20.3. The first-order valence-corrected chi connectivity index (χ1v) is 14.4. The maximum absolute atomic E-state index is 12.9. The number of nitrogens with one attached hydrogen (secondary N) is 1. The van der Waals surface area contributed by atoms with Crippen molar-refractivity contribution in [2.75, 3.05) is 26.8 Å². The molecule has 7 nitrogen and oxygen atoms in total. The Morgan fingerprint density at radius 2 is 1.60 bits per heavy atom. The summed E-state index contributed by atoms with van der Waals surface area (Å²) in [6, 6.07) is 31.7. The number of likely N-dealkylation sites (N-methyl/N-ethyl adjacent to an activating group) is 1. The highest BCUT2D eigenvalue weighted by molar-refractivity contribution is 5.83. The van der Waals surface area contributed by atoms with E-state index in [-0.39, 0.29) is 12.6 Å². The number of nitrogens with zero attached hydrogens (tertiary/aromatic N) is 1. The van der Waals surface area contributed by atoms with Crippen molar-refractivity contribution in [3.8, 4) is 11.5 Å². The summed E-state index contributed by atoms with van der Waals surface area (Å²) in [5, 5.41) is 5.40. The van der Waals surface area contributed by atoms with Gasteiger partial charge >= 0.3 is 12.0 Å². The molecule has 1 N–H and O–H groups in total. The van der Waals surface area contributed by atoms with E-state index in [0.29, 0.717) is 31.7 Å². The molecule has 1 fully saturated rings. The van der Waals surface area contributed by atoms with Crippen molar-refractivity contribution in [1.82, 2.24) is 10.2 Å². The third-order valence-electron chi connectivity index (χ3n) is 8.03. The number of hydrogen-bond acceptors (Lipinski definition) is 5. The first-order valence-electron chi connectivity index (χ1n) is 14.4. The molecule has 0 bridgehead atoms. The molecule has 0 aliphatic carbocycles. The molecular formula is C35H38N2O5. The van der Waals surface area contributed by atoms with Crippen LogP contribution >= 0.6 is 0 Å². The predicted octanol–water partition coefficient (Wildman–Crippen LogP) is 6.19. The largest absolute Gasteiger partial charge is 0.494 e. The van der Waals surface area contributed by atoms with Gasteiger partial charge in [0.2, 0.25) is 5.60 Å². The first kappa shape index (κ1) is 29.0. The van der Waals surface area contributed by atoms with Crippen molar-refractivity contribution >= 4 is 22.8 Å². The number of carbonyl (C=O) groups excluding carboxylic acids is 2. The second kappa shape index (κ2) is 12.6. The van der Waals surface area contributed by atoms with Gasteiger partial charge in [-0.15, -0.1) is 0 Å². The van der Waals surface area contributed by atoms with Gasteiger partial charge in [-0.3, -0.25) is 0 Å². The molecule has 2 amide bonds. The topological polar surface area (TPSA) is 77.1 Å². The average Bonchev–Trinajstić information content (AvgIpc) is 3.27.